The molecule has 4 bridgehead atoms. The van der Waals surface area contributed by atoms with Crippen LogP contribution in [-0.2, 0) is 38.5 Å². The highest BCUT2D eigenvalue weighted by Crippen LogP contribution is 2.64. The van der Waals surface area contributed by atoms with E-state index in [2.05, 4.69) is 0 Å². The zero-order chi connectivity index (χ0) is 33.4. The van der Waals surface area contributed by atoms with Crippen LogP contribution >= 0.6 is 11.8 Å². The first-order chi connectivity index (χ1) is 22.0. The maximum absolute atomic E-state index is 14.7. The Labute approximate surface area is 273 Å². The lowest BCUT2D eigenvalue weighted by atomic mass is 9.59. The van der Waals surface area contributed by atoms with Gasteiger partial charge in [0.2, 0.25) is 35.7 Å². The van der Waals surface area contributed by atoms with Crippen molar-refractivity contribution in [2.75, 3.05) is 11.5 Å². The molecule has 0 N–H and O–H groups in total. The topological polar surface area (TPSA) is 73.8 Å². The second kappa shape index (κ2) is 10.6. The van der Waals surface area contributed by atoms with Crippen molar-refractivity contribution in [3.8, 4) is 0 Å². The molecule has 0 aromatic rings. The Morgan fingerprint density at radius 3 is 1.40 bits per heavy atom. The fourth-order valence-electron chi connectivity index (χ4n) is 10.1. The monoisotopic (exact) mass is 698 g/mol. The van der Waals surface area contributed by atoms with Crippen LogP contribution in [0.25, 0.3) is 0 Å². The van der Waals surface area contributed by atoms with E-state index < -0.39 is 71.1 Å². The van der Waals surface area contributed by atoms with Crippen molar-refractivity contribution in [2.24, 2.45) is 35.5 Å². The van der Waals surface area contributed by atoms with E-state index in [9.17, 15) is 26.3 Å². The molecule has 12 atom stereocenters. The lowest BCUT2D eigenvalue weighted by molar-refractivity contribution is -0.557. The Hall–Kier alpha value is -1.23. The van der Waals surface area contributed by atoms with E-state index in [4.69, 9.17) is 38.5 Å². The molecule has 8 aliphatic heterocycles. The summed E-state index contributed by atoms with van der Waals surface area (Å²) in [5.74, 6) is -6.99. The molecule has 47 heavy (non-hydrogen) atoms. The molecule has 2 spiro atoms. The lowest BCUT2D eigenvalue weighted by Crippen LogP contribution is -2.67. The molecule has 8 heterocycles. The third kappa shape index (κ3) is 4.79. The highest BCUT2D eigenvalue weighted by molar-refractivity contribution is 7.99. The van der Waals surface area contributed by atoms with Crippen molar-refractivity contribution in [3.63, 3.8) is 0 Å². The average molecular weight is 699 g/mol. The number of alkyl halides is 6. The molecule has 2 saturated carbocycles. The molecule has 8 fully saturated rings. The Kier molecular flexibility index (Phi) is 7.46. The Balaban J connectivity index is 1.15. The van der Waals surface area contributed by atoms with E-state index in [1.807, 2.05) is 13.8 Å². The van der Waals surface area contributed by atoms with Crippen molar-refractivity contribution in [1.82, 2.24) is 0 Å². The third-order valence-corrected chi connectivity index (χ3v) is 13.4. The largest absolute Gasteiger partial charge is 0.456 e. The van der Waals surface area contributed by atoms with Gasteiger partial charge in [0.1, 0.15) is 0 Å². The third-order valence-electron chi connectivity index (χ3n) is 12.3. The van der Waals surface area contributed by atoms with Crippen LogP contribution in [0.15, 0.2) is 22.7 Å². The van der Waals surface area contributed by atoms with Crippen LogP contribution in [-0.4, -0.2) is 59.2 Å². The lowest BCUT2D eigenvalue weighted by Gasteiger charge is -2.58. The fourth-order valence-corrected chi connectivity index (χ4v) is 11.3. The van der Waals surface area contributed by atoms with E-state index >= 15 is 0 Å². The number of ether oxygens (including phenoxy) is 4. The molecule has 8 nitrogen and oxygen atoms in total. The van der Waals surface area contributed by atoms with Gasteiger partial charge < -0.3 is 18.9 Å². The summed E-state index contributed by atoms with van der Waals surface area (Å²) in [6, 6.07) is 0. The van der Waals surface area contributed by atoms with Crippen LogP contribution in [0.2, 0.25) is 0 Å². The summed E-state index contributed by atoms with van der Waals surface area (Å²) in [5.41, 5.74) is -2.70. The molecule has 0 radical (unpaired) electrons. The summed E-state index contributed by atoms with van der Waals surface area (Å²) < 4.78 is 112. The molecule has 15 heteroatoms. The molecule has 264 valence electrons. The standard InChI is InChI=1S/C32H40F6O8S/c1-15-5-7-21-17(23(31(33,34)35)39-25-29(21)19(15)9-11-27(3,41-25)43-45-29)13-47-14-18-22-8-6-16(2)20-10-12-28(4)42-26(30(20,22)46-44-28)40-24(18)32(36,37)38/h15-16,19-22,25-26H,5-14H2,1-4H3/t15-,16-,19?,20?,21+,22+,25-,26?,27+,28+,29-,30-/m1/s1. The van der Waals surface area contributed by atoms with Gasteiger partial charge in [-0.2, -0.15) is 38.1 Å². The Bertz CT molecular complexity index is 1270. The first kappa shape index (κ1) is 32.9. The summed E-state index contributed by atoms with van der Waals surface area (Å²) in [5, 5.41) is 0. The van der Waals surface area contributed by atoms with Gasteiger partial charge in [-0.1, -0.05) is 13.8 Å². The van der Waals surface area contributed by atoms with Gasteiger partial charge in [-0.15, -0.1) is 0 Å². The minimum absolute atomic E-state index is 0.0451. The highest BCUT2D eigenvalue weighted by Gasteiger charge is 2.72. The SMILES string of the molecule is C[C@@H]1CC[C@H]2C(CSCC3=C(C(F)(F)F)O[C@@H]4O[C@]5(C)CCC6[C@H](C)CC[C@@H]3[C@]64OO5)=C(C(F)(F)F)OC3O[C@]4(C)CCC1[C@]32OO4. The number of thioether (sulfide) groups is 1. The number of hydrogen-bond acceptors (Lipinski definition) is 9. The highest BCUT2D eigenvalue weighted by atomic mass is 32.2. The summed E-state index contributed by atoms with van der Waals surface area (Å²) in [6.07, 6.45) is -8.26. The summed E-state index contributed by atoms with van der Waals surface area (Å²) in [6.45, 7) is 7.35. The summed E-state index contributed by atoms with van der Waals surface area (Å²) in [7, 11) is 0. The summed E-state index contributed by atoms with van der Waals surface area (Å²) in [4.78, 5) is 23.6. The quantitative estimate of drug-likeness (QED) is 0.216. The zero-order valence-corrected chi connectivity index (χ0v) is 27.4. The van der Waals surface area contributed by atoms with Gasteiger partial charge in [0.15, 0.2) is 11.2 Å². The van der Waals surface area contributed by atoms with Gasteiger partial charge >= 0.3 is 12.4 Å². The molecule has 0 amide bonds. The van der Waals surface area contributed by atoms with Crippen LogP contribution < -0.4 is 0 Å². The predicted octanol–water partition coefficient (Wildman–Crippen LogP) is 7.84. The second-order valence-corrected chi connectivity index (χ2v) is 16.1. The van der Waals surface area contributed by atoms with E-state index in [1.54, 1.807) is 13.8 Å². The minimum atomic E-state index is -4.85. The maximum Gasteiger partial charge on any atom is 0.449 e. The first-order valence-corrected chi connectivity index (χ1v) is 17.8. The van der Waals surface area contributed by atoms with Crippen LogP contribution in [0, 0.1) is 35.5 Å². The molecule has 2 aliphatic carbocycles. The van der Waals surface area contributed by atoms with Crippen molar-refractivity contribution >= 4 is 11.8 Å². The van der Waals surface area contributed by atoms with Gasteiger partial charge in [0.05, 0.1) is 0 Å². The van der Waals surface area contributed by atoms with Crippen molar-refractivity contribution in [3.05, 3.63) is 22.7 Å². The zero-order valence-electron chi connectivity index (χ0n) is 26.6. The molecular formula is C32H40F6O8S. The van der Waals surface area contributed by atoms with Crippen molar-refractivity contribution in [2.45, 2.75) is 127 Å². The van der Waals surface area contributed by atoms with Crippen LogP contribution in [0.5, 0.6) is 0 Å². The van der Waals surface area contributed by atoms with Gasteiger partial charge in [-0.25, -0.2) is 19.6 Å². The first-order valence-electron chi connectivity index (χ1n) is 16.6. The van der Waals surface area contributed by atoms with Gasteiger partial charge in [-0.05, 0) is 75.4 Å². The maximum atomic E-state index is 14.7. The van der Waals surface area contributed by atoms with E-state index in [-0.39, 0.29) is 46.3 Å². The van der Waals surface area contributed by atoms with Gasteiger partial charge in [-0.3, -0.25) is 0 Å². The Morgan fingerprint density at radius 2 is 1.02 bits per heavy atom. The predicted molar refractivity (Wildman–Crippen MR) is 151 cm³/mol. The number of rotatable bonds is 4. The van der Waals surface area contributed by atoms with E-state index in [0.29, 0.717) is 51.4 Å². The molecule has 10 rings (SSSR count). The second-order valence-electron chi connectivity index (χ2n) is 15.1. The van der Waals surface area contributed by atoms with Crippen molar-refractivity contribution in [1.29, 1.82) is 0 Å². The Morgan fingerprint density at radius 1 is 0.617 bits per heavy atom. The summed E-state index contributed by atoms with van der Waals surface area (Å²) >= 11 is 0.978. The molecule has 0 aromatic carbocycles. The molecule has 0 aromatic heterocycles. The molecular weight excluding hydrogens is 658 g/mol. The van der Waals surface area contributed by atoms with E-state index in [1.165, 1.54) is 0 Å². The normalized spacial score (nSPS) is 49.1. The average Bonchev–Trinajstić information content (AvgIpc) is 3.36. The van der Waals surface area contributed by atoms with Crippen LogP contribution in [0.3, 0.4) is 0 Å². The molecule has 10 aliphatic rings. The minimum Gasteiger partial charge on any atom is -0.456 e. The smallest absolute Gasteiger partial charge is 0.449 e. The van der Waals surface area contributed by atoms with E-state index in [0.717, 1.165) is 11.8 Å². The van der Waals surface area contributed by atoms with Gasteiger partial charge in [0, 0.05) is 48.0 Å². The number of fused-ring (bicyclic) bond motifs is 4. The fraction of sp³-hybridized carbons (Fsp3) is 0.875. The number of halogens is 6. The van der Waals surface area contributed by atoms with Gasteiger partial charge in [0.25, 0.3) is 0 Å². The molecule has 6 saturated heterocycles. The van der Waals surface area contributed by atoms with Crippen molar-refractivity contribution < 1.29 is 64.8 Å². The van der Waals surface area contributed by atoms with Crippen LogP contribution in [0.1, 0.15) is 79.1 Å². The number of allylic oxidation sites excluding steroid dienone is 2. The number of hydrogen-bond donors (Lipinski definition) is 0. The van der Waals surface area contributed by atoms with Crippen LogP contribution in [0.4, 0.5) is 26.3 Å². The molecule has 3 unspecified atom stereocenters.